The van der Waals surface area contributed by atoms with Crippen LogP contribution in [0.4, 0.5) is 28.2 Å². The van der Waals surface area contributed by atoms with E-state index in [4.69, 9.17) is 4.74 Å². The van der Waals surface area contributed by atoms with Gasteiger partial charge < -0.3 is 10.1 Å². The van der Waals surface area contributed by atoms with E-state index in [1.54, 1.807) is 20.8 Å². The van der Waals surface area contributed by atoms with Crippen molar-refractivity contribution in [2.45, 2.75) is 57.7 Å². The van der Waals surface area contributed by atoms with Gasteiger partial charge in [-0.1, -0.05) is 0 Å². The third-order valence-electron chi connectivity index (χ3n) is 3.48. The van der Waals surface area contributed by atoms with Crippen LogP contribution < -0.4 is 5.32 Å². The number of carbonyl (C=O) groups is 2. The van der Waals surface area contributed by atoms with Crippen molar-refractivity contribution in [1.29, 1.82) is 0 Å². The lowest BCUT2D eigenvalue weighted by Gasteiger charge is -2.27. The monoisotopic (exact) mass is 458 g/mol. The first-order valence-electron chi connectivity index (χ1n) is 7.99. The number of amides is 2. The molecule has 27 heavy (non-hydrogen) atoms. The first-order valence-corrected chi connectivity index (χ1v) is 8.79. The molecule has 1 aromatic rings. The maximum Gasteiger partial charge on any atom is 0.411 e. The maximum atomic E-state index is 13.8. The molecule has 2 rings (SSSR count). The Kier molecular flexibility index (Phi) is 6.07. The molecule has 1 aliphatic heterocycles. The fraction of sp³-hybridized carbons (Fsp3) is 0.667. The molecule has 1 N–H and O–H groups in total. The largest absolute Gasteiger partial charge is 0.444 e. The number of hydrogen-bond acceptors (Lipinski definition) is 4. The number of carbonyl (C=O) groups excluding carboxylic acids is 2. The lowest BCUT2D eigenvalue weighted by Crippen LogP contribution is -2.45. The number of anilines is 1. The van der Waals surface area contributed by atoms with E-state index in [1.165, 1.54) is 0 Å². The van der Waals surface area contributed by atoms with Crippen molar-refractivity contribution < 1.29 is 31.9 Å². The van der Waals surface area contributed by atoms with Crippen LogP contribution >= 0.6 is 15.9 Å². The predicted octanol–water partition coefficient (Wildman–Crippen LogP) is 3.49. The Hall–Kier alpha value is -1.85. The summed E-state index contributed by atoms with van der Waals surface area (Å²) in [6.07, 6.45) is -5.93. The third-order valence-corrected chi connectivity index (χ3v) is 4.06. The third kappa shape index (κ3) is 6.08. The molecule has 2 amide bonds. The van der Waals surface area contributed by atoms with Crippen molar-refractivity contribution in [1.82, 2.24) is 14.7 Å². The molecule has 2 atom stereocenters. The van der Waals surface area contributed by atoms with E-state index < -0.39 is 42.5 Å². The van der Waals surface area contributed by atoms with Crippen molar-refractivity contribution in [2.75, 3.05) is 11.9 Å². The molecule has 1 saturated heterocycles. The van der Waals surface area contributed by atoms with Gasteiger partial charge in [-0.05, 0) is 36.7 Å². The maximum absolute atomic E-state index is 13.8. The van der Waals surface area contributed by atoms with Crippen LogP contribution in [0.25, 0.3) is 0 Å². The summed E-state index contributed by atoms with van der Waals surface area (Å²) in [6, 6.07) is -1.16. The summed E-state index contributed by atoms with van der Waals surface area (Å²) in [5, 5.41) is 5.97. The predicted molar refractivity (Wildman–Crippen MR) is 90.9 cm³/mol. The van der Waals surface area contributed by atoms with Gasteiger partial charge in [0.25, 0.3) is 0 Å². The van der Waals surface area contributed by atoms with Crippen molar-refractivity contribution in [3.8, 4) is 0 Å². The van der Waals surface area contributed by atoms with Gasteiger partial charge in [0, 0.05) is 12.6 Å². The summed E-state index contributed by atoms with van der Waals surface area (Å²) in [4.78, 5) is 25.6. The van der Waals surface area contributed by atoms with Crippen LogP contribution in [0.1, 0.15) is 27.2 Å². The van der Waals surface area contributed by atoms with Crippen LogP contribution in [0.2, 0.25) is 0 Å². The van der Waals surface area contributed by atoms with Gasteiger partial charge in [-0.3, -0.25) is 14.4 Å². The van der Waals surface area contributed by atoms with Gasteiger partial charge in [-0.2, -0.15) is 18.3 Å². The van der Waals surface area contributed by atoms with Gasteiger partial charge >= 0.3 is 12.3 Å². The zero-order chi connectivity index (χ0) is 20.6. The molecule has 1 fully saturated rings. The molecule has 0 bridgehead atoms. The number of alkyl halides is 4. The lowest BCUT2D eigenvalue weighted by atomic mass is 10.2. The highest BCUT2D eigenvalue weighted by Gasteiger charge is 2.42. The van der Waals surface area contributed by atoms with E-state index in [2.05, 4.69) is 26.3 Å². The number of halogens is 5. The van der Waals surface area contributed by atoms with E-state index in [9.17, 15) is 27.2 Å². The summed E-state index contributed by atoms with van der Waals surface area (Å²) in [5.41, 5.74) is -0.827. The summed E-state index contributed by atoms with van der Waals surface area (Å²) in [7, 11) is 0. The van der Waals surface area contributed by atoms with Crippen LogP contribution in [0.5, 0.6) is 0 Å². The molecule has 0 aliphatic carbocycles. The Balaban J connectivity index is 2.11. The average Bonchev–Trinajstić information content (AvgIpc) is 2.99. The number of ether oxygens (including phenoxy) is 1. The van der Waals surface area contributed by atoms with Crippen LogP contribution in [0.15, 0.2) is 10.7 Å². The fourth-order valence-electron chi connectivity index (χ4n) is 2.50. The van der Waals surface area contributed by atoms with Crippen molar-refractivity contribution >= 4 is 33.7 Å². The number of aromatic nitrogens is 2. The number of nitrogens with zero attached hydrogens (tertiary/aromatic N) is 3. The molecule has 2 heterocycles. The van der Waals surface area contributed by atoms with Gasteiger partial charge in [-0.25, -0.2) is 9.18 Å². The van der Waals surface area contributed by atoms with Gasteiger partial charge in [0.1, 0.15) is 24.4 Å². The standard InChI is InChI=1S/C15H19BrF4N4O3/c1-14(2,3)27-13(26)24-5-8(17)4-10(24)12(25)21-11-9(16)6-23(22-11)7-15(18,19)20/h6,8,10H,4-5,7H2,1-3H3,(H,21,22,25)/t8-,10+/m1/s1. The summed E-state index contributed by atoms with van der Waals surface area (Å²) >= 11 is 3.01. The molecule has 152 valence electrons. The molecule has 0 saturated carbocycles. The van der Waals surface area contributed by atoms with Gasteiger partial charge in [-0.15, -0.1) is 0 Å². The molecule has 0 radical (unpaired) electrons. The summed E-state index contributed by atoms with van der Waals surface area (Å²) in [5.74, 6) is -0.922. The zero-order valence-electron chi connectivity index (χ0n) is 14.8. The van der Waals surface area contributed by atoms with E-state index in [0.717, 1.165) is 11.1 Å². The number of rotatable bonds is 3. The number of hydrogen-bond donors (Lipinski definition) is 1. The summed E-state index contributed by atoms with van der Waals surface area (Å²) < 4.78 is 57.0. The van der Waals surface area contributed by atoms with Crippen LogP contribution in [-0.4, -0.2) is 57.2 Å². The quantitative estimate of drug-likeness (QED) is 0.703. The minimum absolute atomic E-state index is 0.124. The molecule has 0 spiro atoms. The topological polar surface area (TPSA) is 76.5 Å². The van der Waals surface area contributed by atoms with Crippen molar-refractivity contribution in [3.63, 3.8) is 0 Å². The molecule has 12 heteroatoms. The molecular formula is C15H19BrF4N4O3. The average molecular weight is 459 g/mol. The van der Waals surface area contributed by atoms with Gasteiger partial charge in [0.15, 0.2) is 5.82 Å². The molecule has 7 nitrogen and oxygen atoms in total. The highest BCUT2D eigenvalue weighted by Crippen LogP contribution is 2.27. The molecule has 1 aromatic heterocycles. The second kappa shape index (κ2) is 7.64. The smallest absolute Gasteiger partial charge is 0.411 e. The first-order chi connectivity index (χ1) is 12.2. The van der Waals surface area contributed by atoms with Crippen LogP contribution in [0, 0.1) is 0 Å². The minimum Gasteiger partial charge on any atom is -0.444 e. The van der Waals surface area contributed by atoms with Crippen LogP contribution in [0.3, 0.4) is 0 Å². The number of likely N-dealkylation sites (tertiary alicyclic amines) is 1. The Morgan fingerprint density at radius 1 is 1.37 bits per heavy atom. The lowest BCUT2D eigenvalue weighted by molar-refractivity contribution is -0.142. The molecule has 1 aliphatic rings. The minimum atomic E-state index is -4.48. The van der Waals surface area contributed by atoms with E-state index in [0.29, 0.717) is 4.68 Å². The van der Waals surface area contributed by atoms with E-state index in [1.807, 2.05) is 0 Å². The Morgan fingerprint density at radius 3 is 2.56 bits per heavy atom. The van der Waals surface area contributed by atoms with E-state index >= 15 is 0 Å². The molecular weight excluding hydrogens is 440 g/mol. The highest BCUT2D eigenvalue weighted by molar-refractivity contribution is 9.10. The Morgan fingerprint density at radius 2 is 2.00 bits per heavy atom. The summed E-state index contributed by atoms with van der Waals surface area (Å²) in [6.45, 7) is 3.26. The highest BCUT2D eigenvalue weighted by atomic mass is 79.9. The van der Waals surface area contributed by atoms with Crippen molar-refractivity contribution in [2.24, 2.45) is 0 Å². The normalized spacial score (nSPS) is 20.7. The second-order valence-corrected chi connectivity index (χ2v) is 7.96. The van der Waals surface area contributed by atoms with Crippen molar-refractivity contribution in [3.05, 3.63) is 10.7 Å². The zero-order valence-corrected chi connectivity index (χ0v) is 16.4. The van der Waals surface area contributed by atoms with Crippen LogP contribution in [-0.2, 0) is 16.1 Å². The fourth-order valence-corrected chi connectivity index (χ4v) is 2.92. The van der Waals surface area contributed by atoms with E-state index in [-0.39, 0.29) is 23.3 Å². The first kappa shape index (κ1) is 21.5. The van der Waals surface area contributed by atoms with Gasteiger partial charge in [0.05, 0.1) is 11.0 Å². The molecule has 0 unspecified atom stereocenters. The number of nitrogens with one attached hydrogen (secondary N) is 1. The SMILES string of the molecule is CC(C)(C)OC(=O)N1C[C@H](F)C[C@H]1C(=O)Nc1nn(CC(F)(F)F)cc1Br. The Bertz CT molecular complexity index is 717. The molecule has 0 aromatic carbocycles. The Labute approximate surface area is 161 Å². The second-order valence-electron chi connectivity index (χ2n) is 7.11. The van der Waals surface area contributed by atoms with Gasteiger partial charge in [0.2, 0.25) is 5.91 Å².